The molecule has 0 saturated carbocycles. The lowest BCUT2D eigenvalue weighted by Crippen LogP contribution is -2.43. The van der Waals surface area contributed by atoms with Crippen LogP contribution >= 0.6 is 11.6 Å². The van der Waals surface area contributed by atoms with Crippen molar-refractivity contribution in [2.75, 3.05) is 49.8 Å². The third-order valence-corrected chi connectivity index (χ3v) is 5.79. The molecule has 2 aliphatic rings. The largest absolute Gasteiger partial charge is 0.494 e. The van der Waals surface area contributed by atoms with Crippen LogP contribution in [-0.4, -0.2) is 55.3 Å². The number of rotatable bonds is 4. The predicted octanol–water partition coefficient (Wildman–Crippen LogP) is 3.10. The van der Waals surface area contributed by atoms with Gasteiger partial charge in [0.2, 0.25) is 0 Å². The van der Waals surface area contributed by atoms with E-state index in [4.69, 9.17) is 21.3 Å². The Bertz CT molecular complexity index is 1130. The highest BCUT2D eigenvalue weighted by atomic mass is 35.5. The highest BCUT2D eigenvalue weighted by Gasteiger charge is 2.22. The van der Waals surface area contributed by atoms with Gasteiger partial charge in [-0.25, -0.2) is 4.52 Å². The zero-order valence-electron chi connectivity index (χ0n) is 16.8. The zero-order chi connectivity index (χ0) is 20.5. The minimum Gasteiger partial charge on any atom is -0.494 e. The first-order chi connectivity index (χ1) is 14.7. The molecule has 1 N–H and O–H groups in total. The number of hydrogen-bond acceptors (Lipinski definition) is 6. The van der Waals surface area contributed by atoms with Gasteiger partial charge in [-0.05, 0) is 24.3 Å². The van der Waals surface area contributed by atoms with Gasteiger partial charge in [-0.3, -0.25) is 4.99 Å². The second-order valence-corrected chi connectivity index (χ2v) is 7.68. The summed E-state index contributed by atoms with van der Waals surface area (Å²) in [5.74, 6) is 0.807. The van der Waals surface area contributed by atoms with Gasteiger partial charge in [0.15, 0.2) is 0 Å². The first-order valence-corrected chi connectivity index (χ1v) is 10.4. The van der Waals surface area contributed by atoms with Crippen molar-refractivity contribution in [3.05, 3.63) is 65.6 Å². The third-order valence-electron chi connectivity index (χ3n) is 5.51. The number of allylic oxidation sites excluding steroid dienone is 1. The van der Waals surface area contributed by atoms with Crippen LogP contribution in [0.4, 0.5) is 11.4 Å². The Morgan fingerprint density at radius 3 is 2.80 bits per heavy atom. The predicted molar refractivity (Wildman–Crippen MR) is 121 cm³/mol. The first kappa shape index (κ1) is 19.0. The van der Waals surface area contributed by atoms with Crippen LogP contribution in [0.1, 0.15) is 5.56 Å². The molecule has 0 aliphatic carbocycles. The smallest absolute Gasteiger partial charge is 0.144 e. The number of nitrogens with one attached hydrogen (secondary N) is 1. The molecule has 1 saturated heterocycles. The number of nitrogens with zero attached hydrogens (tertiary/aromatic N) is 5. The number of anilines is 2. The van der Waals surface area contributed by atoms with E-state index in [-0.39, 0.29) is 0 Å². The molecule has 7 nitrogen and oxygen atoms in total. The van der Waals surface area contributed by atoms with Crippen molar-refractivity contribution in [1.82, 2.24) is 14.9 Å². The number of benzene rings is 1. The van der Waals surface area contributed by atoms with E-state index in [0.29, 0.717) is 11.7 Å². The molecule has 1 aromatic carbocycles. The molecule has 1 fully saturated rings. The molecular weight excluding hydrogens is 400 g/mol. The molecule has 0 radical (unpaired) electrons. The number of piperazine rings is 1. The van der Waals surface area contributed by atoms with E-state index in [1.165, 1.54) is 5.69 Å². The van der Waals surface area contributed by atoms with E-state index >= 15 is 0 Å². The summed E-state index contributed by atoms with van der Waals surface area (Å²) in [4.78, 5) is 9.14. The molecule has 2 aliphatic heterocycles. The summed E-state index contributed by atoms with van der Waals surface area (Å²) in [6.07, 6.45) is 5.64. The van der Waals surface area contributed by atoms with Gasteiger partial charge in [-0.15, -0.1) is 0 Å². The van der Waals surface area contributed by atoms with Gasteiger partial charge in [0.05, 0.1) is 35.3 Å². The van der Waals surface area contributed by atoms with Crippen molar-refractivity contribution in [2.24, 2.45) is 4.99 Å². The van der Waals surface area contributed by atoms with Gasteiger partial charge in [0.1, 0.15) is 12.4 Å². The number of pyridine rings is 1. The van der Waals surface area contributed by atoms with Crippen molar-refractivity contribution < 1.29 is 4.74 Å². The van der Waals surface area contributed by atoms with Crippen LogP contribution in [0, 0.1) is 0 Å². The maximum Gasteiger partial charge on any atom is 0.144 e. The van der Waals surface area contributed by atoms with Crippen LogP contribution in [-0.2, 0) is 0 Å². The lowest BCUT2D eigenvalue weighted by Gasteiger charge is -2.31. The normalized spacial score (nSPS) is 17.1. The van der Waals surface area contributed by atoms with Crippen molar-refractivity contribution in [2.45, 2.75) is 0 Å². The average Bonchev–Trinajstić information content (AvgIpc) is 3.23. The molecule has 4 heterocycles. The van der Waals surface area contributed by atoms with Gasteiger partial charge in [0.25, 0.3) is 0 Å². The summed E-state index contributed by atoms with van der Waals surface area (Å²) >= 11 is 6.66. The number of halogens is 1. The molecule has 0 atom stereocenters. The minimum absolute atomic E-state index is 0.457. The highest BCUT2D eigenvalue weighted by Crippen LogP contribution is 2.35. The molecule has 2 aromatic heterocycles. The molecular formula is C22H23ClN6O. The molecule has 8 heteroatoms. The maximum atomic E-state index is 6.66. The van der Waals surface area contributed by atoms with E-state index < -0.39 is 0 Å². The Morgan fingerprint density at radius 1 is 1.13 bits per heavy atom. The Labute approximate surface area is 180 Å². The molecule has 0 amide bonds. The quantitative estimate of drug-likeness (QED) is 0.700. The van der Waals surface area contributed by atoms with Gasteiger partial charge in [-0.2, -0.15) is 5.10 Å². The second kappa shape index (κ2) is 8.01. The zero-order valence-corrected chi connectivity index (χ0v) is 17.5. The van der Waals surface area contributed by atoms with E-state index in [9.17, 15) is 0 Å². The van der Waals surface area contributed by atoms with Crippen molar-refractivity contribution in [1.29, 1.82) is 0 Å². The fraction of sp³-hybridized carbons (Fsp3) is 0.273. The van der Waals surface area contributed by atoms with E-state index in [0.717, 1.165) is 54.4 Å². The summed E-state index contributed by atoms with van der Waals surface area (Å²) in [5, 5.41) is 8.35. The average molecular weight is 423 g/mol. The van der Waals surface area contributed by atoms with E-state index in [2.05, 4.69) is 33.5 Å². The number of methoxy groups -OCH3 is 1. The lowest BCUT2D eigenvalue weighted by atomic mass is 10.1. The molecule has 3 aromatic rings. The number of aliphatic imine (C=N–C) groups is 1. The molecule has 0 spiro atoms. The molecule has 0 unspecified atom stereocenters. The summed E-state index contributed by atoms with van der Waals surface area (Å²) in [6, 6.07) is 12.2. The highest BCUT2D eigenvalue weighted by molar-refractivity contribution is 6.47. The number of ether oxygens (including phenoxy) is 1. The van der Waals surface area contributed by atoms with Gasteiger partial charge in [-0.1, -0.05) is 17.7 Å². The summed E-state index contributed by atoms with van der Waals surface area (Å²) < 4.78 is 7.53. The van der Waals surface area contributed by atoms with Crippen LogP contribution in [0.25, 0.3) is 5.52 Å². The first-order valence-electron chi connectivity index (χ1n) is 10.00. The summed E-state index contributed by atoms with van der Waals surface area (Å²) in [6.45, 7) is 4.43. The SMILES string of the molecule is COc1cc(N2CCNCC2)ccc1N1C=C(Cl)C(c2cnn3ccccc23)=NC1. The van der Waals surface area contributed by atoms with Gasteiger partial charge < -0.3 is 19.9 Å². The molecule has 154 valence electrons. The number of aromatic nitrogens is 2. The lowest BCUT2D eigenvalue weighted by molar-refractivity contribution is 0.415. The molecule has 30 heavy (non-hydrogen) atoms. The van der Waals surface area contributed by atoms with Crippen molar-refractivity contribution >= 4 is 34.2 Å². The Hall–Kier alpha value is -3.03. The van der Waals surface area contributed by atoms with Gasteiger partial charge >= 0.3 is 0 Å². The van der Waals surface area contributed by atoms with Crippen molar-refractivity contribution in [3.8, 4) is 5.75 Å². The Kier molecular flexibility index (Phi) is 5.06. The Balaban J connectivity index is 1.42. The summed E-state index contributed by atoms with van der Waals surface area (Å²) in [5.41, 5.74) is 4.77. The fourth-order valence-electron chi connectivity index (χ4n) is 3.96. The van der Waals surface area contributed by atoms with E-state index in [1.54, 1.807) is 7.11 Å². The second-order valence-electron chi connectivity index (χ2n) is 7.28. The topological polar surface area (TPSA) is 57.4 Å². The minimum atomic E-state index is 0.457. The van der Waals surface area contributed by atoms with Crippen LogP contribution in [0.5, 0.6) is 5.75 Å². The monoisotopic (exact) mass is 422 g/mol. The number of hydrogen-bond donors (Lipinski definition) is 1. The van der Waals surface area contributed by atoms with E-state index in [1.807, 2.05) is 46.2 Å². The Morgan fingerprint density at radius 2 is 2.00 bits per heavy atom. The van der Waals surface area contributed by atoms with Crippen LogP contribution in [0.15, 0.2) is 65.0 Å². The fourth-order valence-corrected chi connectivity index (χ4v) is 4.24. The third kappa shape index (κ3) is 3.40. The summed E-state index contributed by atoms with van der Waals surface area (Å²) in [7, 11) is 1.70. The van der Waals surface area contributed by atoms with Crippen LogP contribution in [0.3, 0.4) is 0 Å². The van der Waals surface area contributed by atoms with Gasteiger partial charge in [0, 0.05) is 55.9 Å². The molecule has 0 bridgehead atoms. The van der Waals surface area contributed by atoms with Crippen LogP contribution in [0.2, 0.25) is 0 Å². The van der Waals surface area contributed by atoms with Crippen molar-refractivity contribution in [3.63, 3.8) is 0 Å². The number of fused-ring (bicyclic) bond motifs is 1. The molecule has 5 rings (SSSR count). The maximum absolute atomic E-state index is 6.66. The standard InChI is InChI=1S/C22H23ClN6O/c1-30-21-12-16(27-10-7-24-8-11-27)5-6-20(21)28-14-18(23)22(25-15-28)17-13-26-29-9-3-2-4-19(17)29/h2-6,9,12-14,24H,7-8,10-11,15H2,1H3. The van der Waals surface area contributed by atoms with Crippen LogP contribution < -0.4 is 19.9 Å².